The van der Waals surface area contributed by atoms with E-state index in [1.54, 1.807) is 12.2 Å². The quantitative estimate of drug-likeness (QED) is 0.494. The molecule has 0 fully saturated rings. The van der Waals surface area contributed by atoms with Crippen molar-refractivity contribution in [2.45, 2.75) is 6.54 Å². The number of hydrogen-bond acceptors (Lipinski definition) is 2. The van der Waals surface area contributed by atoms with Gasteiger partial charge in [0.15, 0.2) is 4.80 Å². The number of benzene rings is 2. The number of halogens is 1. The Labute approximate surface area is 148 Å². The van der Waals surface area contributed by atoms with Crippen LogP contribution in [0.2, 0.25) is 5.02 Å². The van der Waals surface area contributed by atoms with Gasteiger partial charge in [-0.05, 0) is 23.8 Å². The Morgan fingerprint density at radius 2 is 2.00 bits per heavy atom. The maximum absolute atomic E-state index is 12.2. The summed E-state index contributed by atoms with van der Waals surface area (Å²) in [4.78, 5) is 17.0. The fourth-order valence-electron chi connectivity index (χ4n) is 2.33. The molecule has 0 saturated carbocycles. The second-order valence-corrected chi connectivity index (χ2v) is 6.48. The molecule has 1 heterocycles. The smallest absolute Gasteiger partial charge is 0.272 e. The molecule has 3 nitrogen and oxygen atoms in total. The molecule has 3 rings (SSSR count). The SMILES string of the molecule is C=CCn1c(=NC(=O)/C=C/c2ccccc2)sc2cccc(Cl)c21. The average Bonchev–Trinajstić information content (AvgIpc) is 2.93. The molecule has 2 aromatic carbocycles. The molecule has 3 aromatic rings. The normalized spacial score (nSPS) is 12.1. The standard InChI is InChI=1S/C19H15ClN2OS/c1-2-13-22-18-15(20)9-6-10-16(18)24-19(22)21-17(23)12-11-14-7-4-3-5-8-14/h2-12H,1,13H2/b12-11+,21-19?. The number of rotatable bonds is 4. The van der Waals surface area contributed by atoms with Crippen molar-refractivity contribution >= 4 is 45.1 Å². The Morgan fingerprint density at radius 3 is 2.75 bits per heavy atom. The molecule has 1 aromatic heterocycles. The summed E-state index contributed by atoms with van der Waals surface area (Å²) in [5, 5.41) is 0.638. The topological polar surface area (TPSA) is 34.4 Å². The Morgan fingerprint density at radius 1 is 1.21 bits per heavy atom. The lowest BCUT2D eigenvalue weighted by atomic mass is 10.2. The summed E-state index contributed by atoms with van der Waals surface area (Å²) in [5.74, 6) is -0.306. The summed E-state index contributed by atoms with van der Waals surface area (Å²) < 4.78 is 2.90. The number of hydrogen-bond donors (Lipinski definition) is 0. The van der Waals surface area contributed by atoms with E-state index in [0.717, 1.165) is 15.8 Å². The largest absolute Gasteiger partial charge is 0.311 e. The minimum Gasteiger partial charge on any atom is -0.311 e. The summed E-state index contributed by atoms with van der Waals surface area (Å²) in [6.07, 6.45) is 4.99. The number of nitrogens with zero attached hydrogens (tertiary/aromatic N) is 2. The average molecular weight is 355 g/mol. The molecule has 0 radical (unpaired) electrons. The van der Waals surface area contributed by atoms with Crippen LogP contribution in [0.15, 0.2) is 72.3 Å². The highest BCUT2D eigenvalue weighted by atomic mass is 35.5. The molecule has 0 spiro atoms. The molecule has 0 aliphatic carbocycles. The second kappa shape index (κ2) is 7.43. The van der Waals surface area contributed by atoms with Crippen LogP contribution < -0.4 is 4.80 Å². The van der Waals surface area contributed by atoms with Crippen LogP contribution in [0.4, 0.5) is 0 Å². The Hall–Kier alpha value is -2.43. The van der Waals surface area contributed by atoms with Crippen molar-refractivity contribution in [2.75, 3.05) is 0 Å². The van der Waals surface area contributed by atoms with Gasteiger partial charge < -0.3 is 4.57 Å². The van der Waals surface area contributed by atoms with Gasteiger partial charge in [-0.3, -0.25) is 4.79 Å². The molecule has 0 aliphatic rings. The first-order chi connectivity index (χ1) is 11.7. The third kappa shape index (κ3) is 3.55. The Bertz CT molecular complexity index is 984. The highest BCUT2D eigenvalue weighted by molar-refractivity contribution is 7.16. The molecule has 0 atom stereocenters. The fraction of sp³-hybridized carbons (Fsp3) is 0.0526. The third-order valence-electron chi connectivity index (χ3n) is 3.39. The number of para-hydroxylation sites is 1. The number of allylic oxidation sites excluding steroid dienone is 1. The van der Waals surface area contributed by atoms with Crippen LogP contribution in [0, 0.1) is 0 Å². The second-order valence-electron chi connectivity index (χ2n) is 5.06. The van der Waals surface area contributed by atoms with Crippen LogP contribution in [-0.4, -0.2) is 10.5 Å². The van der Waals surface area contributed by atoms with Crippen molar-refractivity contribution in [1.29, 1.82) is 0 Å². The highest BCUT2D eigenvalue weighted by Gasteiger charge is 2.09. The van der Waals surface area contributed by atoms with E-state index in [1.165, 1.54) is 17.4 Å². The van der Waals surface area contributed by atoms with Crippen molar-refractivity contribution < 1.29 is 4.79 Å². The summed E-state index contributed by atoms with van der Waals surface area (Å²) >= 11 is 7.74. The molecule has 0 bridgehead atoms. The first-order valence-electron chi connectivity index (χ1n) is 7.39. The van der Waals surface area contributed by atoms with Crippen LogP contribution in [0.5, 0.6) is 0 Å². The van der Waals surface area contributed by atoms with Crippen LogP contribution in [0.3, 0.4) is 0 Å². The molecule has 0 unspecified atom stereocenters. The van der Waals surface area contributed by atoms with Crippen LogP contribution in [0.25, 0.3) is 16.3 Å². The van der Waals surface area contributed by atoms with Crippen molar-refractivity contribution in [2.24, 2.45) is 4.99 Å². The zero-order valence-corrected chi connectivity index (χ0v) is 14.4. The van der Waals surface area contributed by atoms with Gasteiger partial charge in [0.2, 0.25) is 0 Å². The predicted molar refractivity (Wildman–Crippen MR) is 101 cm³/mol. The maximum Gasteiger partial charge on any atom is 0.272 e. The van der Waals surface area contributed by atoms with E-state index in [4.69, 9.17) is 11.6 Å². The van der Waals surface area contributed by atoms with E-state index in [0.29, 0.717) is 16.4 Å². The first-order valence-corrected chi connectivity index (χ1v) is 8.59. The number of thiazole rings is 1. The Kier molecular flexibility index (Phi) is 5.08. The highest BCUT2D eigenvalue weighted by Crippen LogP contribution is 2.25. The number of amides is 1. The summed E-state index contributed by atoms with van der Waals surface area (Å²) in [6.45, 7) is 4.31. The molecular formula is C19H15ClN2OS. The molecule has 0 aliphatic heterocycles. The molecule has 0 saturated heterocycles. The van der Waals surface area contributed by atoms with Crippen molar-refractivity contribution in [3.05, 3.63) is 82.6 Å². The van der Waals surface area contributed by atoms with Crippen molar-refractivity contribution in [3.8, 4) is 0 Å². The van der Waals surface area contributed by atoms with E-state index in [9.17, 15) is 4.79 Å². The monoisotopic (exact) mass is 354 g/mol. The number of aromatic nitrogens is 1. The maximum atomic E-state index is 12.2. The van der Waals surface area contributed by atoms with Gasteiger partial charge in [-0.15, -0.1) is 6.58 Å². The number of carbonyl (C=O) groups excluding carboxylic acids is 1. The zero-order valence-electron chi connectivity index (χ0n) is 12.9. The number of fused-ring (bicyclic) bond motifs is 1. The van der Waals surface area contributed by atoms with Gasteiger partial charge in [0.1, 0.15) is 0 Å². The molecule has 120 valence electrons. The van der Waals surface area contributed by atoms with E-state index < -0.39 is 0 Å². The molecule has 1 amide bonds. The van der Waals surface area contributed by atoms with Gasteiger partial charge in [-0.2, -0.15) is 4.99 Å². The third-order valence-corrected chi connectivity index (χ3v) is 4.74. The van der Waals surface area contributed by atoms with E-state index in [2.05, 4.69) is 11.6 Å². The van der Waals surface area contributed by atoms with Crippen LogP contribution >= 0.6 is 22.9 Å². The molecule has 0 N–H and O–H groups in total. The van der Waals surface area contributed by atoms with Gasteiger partial charge in [-0.1, -0.05) is 65.4 Å². The summed E-state index contributed by atoms with van der Waals surface area (Å²) in [5.41, 5.74) is 1.84. The zero-order chi connectivity index (χ0) is 16.9. The van der Waals surface area contributed by atoms with E-state index >= 15 is 0 Å². The van der Waals surface area contributed by atoms with Gasteiger partial charge in [0.25, 0.3) is 5.91 Å². The fourth-order valence-corrected chi connectivity index (χ4v) is 3.74. The van der Waals surface area contributed by atoms with E-state index in [-0.39, 0.29) is 5.91 Å². The molecule has 24 heavy (non-hydrogen) atoms. The van der Waals surface area contributed by atoms with E-state index in [1.807, 2.05) is 53.1 Å². The Balaban J connectivity index is 2.01. The summed E-state index contributed by atoms with van der Waals surface area (Å²) in [6, 6.07) is 15.3. The summed E-state index contributed by atoms with van der Waals surface area (Å²) in [7, 11) is 0. The molecule has 5 heteroatoms. The van der Waals surface area contributed by atoms with Crippen LogP contribution in [-0.2, 0) is 11.3 Å². The van der Waals surface area contributed by atoms with Crippen molar-refractivity contribution in [3.63, 3.8) is 0 Å². The van der Waals surface area contributed by atoms with Crippen LogP contribution in [0.1, 0.15) is 5.56 Å². The van der Waals surface area contributed by atoms with Gasteiger partial charge in [0, 0.05) is 12.6 Å². The van der Waals surface area contributed by atoms with Gasteiger partial charge in [0.05, 0.1) is 15.2 Å². The molecular weight excluding hydrogens is 340 g/mol. The van der Waals surface area contributed by atoms with Gasteiger partial charge in [-0.25, -0.2) is 0 Å². The minimum atomic E-state index is -0.306. The van der Waals surface area contributed by atoms with Crippen molar-refractivity contribution in [1.82, 2.24) is 4.57 Å². The predicted octanol–water partition coefficient (Wildman–Crippen LogP) is 4.68. The van der Waals surface area contributed by atoms with Gasteiger partial charge >= 0.3 is 0 Å². The minimum absolute atomic E-state index is 0.306. The lowest BCUT2D eigenvalue weighted by Crippen LogP contribution is -2.15. The number of carbonyl (C=O) groups is 1. The lowest BCUT2D eigenvalue weighted by Gasteiger charge is -2.02. The first kappa shape index (κ1) is 16.4. The lowest BCUT2D eigenvalue weighted by molar-refractivity contribution is -0.113.